The van der Waals surface area contributed by atoms with Gasteiger partial charge in [0, 0.05) is 0 Å². The van der Waals surface area contributed by atoms with Crippen molar-refractivity contribution in [2.45, 2.75) is 58.8 Å². The number of para-hydroxylation sites is 2. The predicted molar refractivity (Wildman–Crippen MR) is 132 cm³/mol. The largest absolute Gasteiger partial charge is 0.497 e. The van der Waals surface area contributed by atoms with E-state index in [1.54, 1.807) is 7.11 Å². The Morgan fingerprint density at radius 1 is 1.19 bits per heavy atom. The highest BCUT2D eigenvalue weighted by Gasteiger charge is 2.38. The monoisotopic (exact) mass is 438 g/mol. The summed E-state index contributed by atoms with van der Waals surface area (Å²) in [4.78, 5) is 4.52. The zero-order valence-electron chi connectivity index (χ0n) is 20.1. The van der Waals surface area contributed by atoms with E-state index in [4.69, 9.17) is 9.47 Å². The van der Waals surface area contributed by atoms with Gasteiger partial charge in [0.15, 0.2) is 0 Å². The van der Waals surface area contributed by atoms with Gasteiger partial charge in [-0.2, -0.15) is 0 Å². The molecule has 0 aliphatic carbocycles. The second-order valence-corrected chi connectivity index (χ2v) is 8.54. The number of anilines is 1. The Kier molecular flexibility index (Phi) is 8.60. The lowest BCUT2D eigenvalue weighted by Gasteiger charge is -2.46. The van der Waals surface area contributed by atoms with Gasteiger partial charge in [0.25, 0.3) is 0 Å². The first-order chi connectivity index (χ1) is 15.5. The number of hydrogen-bond donors (Lipinski definition) is 1. The quantitative estimate of drug-likeness (QED) is 0.503. The molecule has 1 heterocycles. The van der Waals surface area contributed by atoms with Crippen LogP contribution in [-0.2, 0) is 0 Å². The third kappa shape index (κ3) is 5.45. The van der Waals surface area contributed by atoms with Crippen LogP contribution < -0.4 is 14.4 Å². The molecule has 0 spiro atoms. The molecule has 2 aromatic rings. The zero-order valence-corrected chi connectivity index (χ0v) is 20.1. The number of benzene rings is 2. The van der Waals surface area contributed by atoms with Crippen LogP contribution in [0.25, 0.3) is 0 Å². The number of fused-ring (bicyclic) bond motifs is 1. The van der Waals surface area contributed by atoms with Gasteiger partial charge in [0.05, 0.1) is 24.9 Å². The van der Waals surface area contributed by atoms with Gasteiger partial charge >= 0.3 is 0 Å². The fraction of sp³-hybridized carbons (Fsp3) is 0.481. The Morgan fingerprint density at radius 3 is 2.62 bits per heavy atom. The zero-order chi connectivity index (χ0) is 23.1. The van der Waals surface area contributed by atoms with Crippen LogP contribution in [0.5, 0.6) is 11.5 Å². The molecule has 0 saturated heterocycles. The molecule has 3 unspecified atom stereocenters. The first-order valence-corrected chi connectivity index (χ1v) is 11.7. The molecule has 174 valence electrons. The smallest absolute Gasteiger partial charge is 0.143 e. The van der Waals surface area contributed by atoms with Crippen LogP contribution in [0, 0.1) is 0 Å². The second kappa shape index (κ2) is 11.4. The predicted octanol–water partition coefficient (Wildman–Crippen LogP) is 5.41. The Morgan fingerprint density at radius 2 is 1.94 bits per heavy atom. The second-order valence-electron chi connectivity index (χ2n) is 8.54. The SMILES string of the molecule is CCN(CC)C(CCC=C(C)C)C(O)N1c2ccccc2OCC1c1cccc(OC)c1. The minimum atomic E-state index is -0.679. The fourth-order valence-corrected chi connectivity index (χ4v) is 4.58. The van der Waals surface area contributed by atoms with Gasteiger partial charge in [0.2, 0.25) is 0 Å². The number of aliphatic hydroxyl groups is 1. The average molecular weight is 439 g/mol. The summed E-state index contributed by atoms with van der Waals surface area (Å²) >= 11 is 0. The molecule has 1 aliphatic rings. The van der Waals surface area contributed by atoms with Crippen LogP contribution in [0.1, 0.15) is 52.1 Å². The van der Waals surface area contributed by atoms with Gasteiger partial charge in [-0.05, 0) is 69.6 Å². The highest BCUT2D eigenvalue weighted by Crippen LogP contribution is 2.42. The normalized spacial score (nSPS) is 17.3. The van der Waals surface area contributed by atoms with E-state index in [9.17, 15) is 5.11 Å². The number of methoxy groups -OCH3 is 1. The van der Waals surface area contributed by atoms with E-state index in [0.29, 0.717) is 6.61 Å². The van der Waals surface area contributed by atoms with Gasteiger partial charge in [-0.3, -0.25) is 4.90 Å². The van der Waals surface area contributed by atoms with Crippen molar-refractivity contribution in [1.82, 2.24) is 4.90 Å². The molecule has 0 aromatic heterocycles. The van der Waals surface area contributed by atoms with Crippen LogP contribution in [-0.4, -0.2) is 49.1 Å². The van der Waals surface area contributed by atoms with Crippen molar-refractivity contribution in [2.75, 3.05) is 31.7 Å². The van der Waals surface area contributed by atoms with E-state index in [0.717, 1.165) is 48.7 Å². The summed E-state index contributed by atoms with van der Waals surface area (Å²) < 4.78 is 11.6. The Labute approximate surface area is 193 Å². The molecule has 0 radical (unpaired) electrons. The molecule has 5 heteroatoms. The number of aliphatic hydroxyl groups excluding tert-OH is 1. The van der Waals surface area contributed by atoms with Gasteiger partial charge in [-0.25, -0.2) is 0 Å². The van der Waals surface area contributed by atoms with Crippen LogP contribution in [0.3, 0.4) is 0 Å². The van der Waals surface area contributed by atoms with E-state index >= 15 is 0 Å². The molecule has 0 fully saturated rings. The van der Waals surface area contributed by atoms with Gasteiger partial charge in [-0.15, -0.1) is 0 Å². The Balaban J connectivity index is 2.02. The summed E-state index contributed by atoms with van der Waals surface area (Å²) in [5, 5.41) is 11.9. The molecule has 1 N–H and O–H groups in total. The topological polar surface area (TPSA) is 45.2 Å². The maximum atomic E-state index is 11.9. The van der Waals surface area contributed by atoms with Crippen molar-refractivity contribution in [1.29, 1.82) is 0 Å². The third-order valence-electron chi connectivity index (χ3n) is 6.28. The summed E-state index contributed by atoms with van der Waals surface area (Å²) in [7, 11) is 1.68. The third-order valence-corrected chi connectivity index (χ3v) is 6.28. The number of ether oxygens (including phenoxy) is 2. The van der Waals surface area contributed by atoms with Crippen LogP contribution in [0.2, 0.25) is 0 Å². The number of nitrogens with zero attached hydrogens (tertiary/aromatic N) is 2. The highest BCUT2D eigenvalue weighted by molar-refractivity contribution is 5.62. The van der Waals surface area contributed by atoms with Crippen molar-refractivity contribution >= 4 is 5.69 Å². The molecule has 3 atom stereocenters. The summed E-state index contributed by atoms with van der Waals surface area (Å²) in [5.74, 6) is 1.62. The van der Waals surface area contributed by atoms with Crippen molar-refractivity contribution in [2.24, 2.45) is 0 Å². The number of rotatable bonds is 10. The maximum absolute atomic E-state index is 11.9. The molecule has 5 nitrogen and oxygen atoms in total. The molecule has 0 bridgehead atoms. The lowest BCUT2D eigenvalue weighted by molar-refractivity contribution is 0.0344. The standard InChI is InChI=1S/C27H38N2O3/c1-6-28(7-2)24(16-10-12-20(3)4)27(30)29-23-15-8-9-17-26(23)32-19-25(29)21-13-11-14-22(18-21)31-5/h8-9,11-15,17-18,24-25,27,30H,6-7,10,16,19H2,1-5H3. The lowest BCUT2D eigenvalue weighted by atomic mass is 9.98. The Bertz CT molecular complexity index is 890. The van der Waals surface area contributed by atoms with Gasteiger partial charge < -0.3 is 19.5 Å². The van der Waals surface area contributed by atoms with Gasteiger partial charge in [-0.1, -0.05) is 49.8 Å². The Hall–Kier alpha value is -2.50. The van der Waals surface area contributed by atoms with E-state index < -0.39 is 6.23 Å². The first kappa shape index (κ1) is 24.1. The molecule has 0 saturated carbocycles. The number of allylic oxidation sites excluding steroid dienone is 2. The summed E-state index contributed by atoms with van der Waals surface area (Å²) in [6.45, 7) is 10.8. The molecular formula is C27H38N2O3. The summed E-state index contributed by atoms with van der Waals surface area (Å²) in [6.07, 6.45) is 3.41. The van der Waals surface area contributed by atoms with Crippen LogP contribution in [0.15, 0.2) is 60.2 Å². The minimum Gasteiger partial charge on any atom is -0.497 e. The van der Waals surface area contributed by atoms with Crippen molar-refractivity contribution in [3.63, 3.8) is 0 Å². The molecule has 2 aromatic carbocycles. The molecule has 32 heavy (non-hydrogen) atoms. The van der Waals surface area contributed by atoms with E-state index in [1.807, 2.05) is 42.5 Å². The summed E-state index contributed by atoms with van der Waals surface area (Å²) in [5.41, 5.74) is 3.31. The van der Waals surface area contributed by atoms with E-state index in [2.05, 4.69) is 49.6 Å². The molecular weight excluding hydrogens is 400 g/mol. The molecule has 1 aliphatic heterocycles. The minimum absolute atomic E-state index is 0.000126. The maximum Gasteiger partial charge on any atom is 0.143 e. The molecule has 0 amide bonds. The van der Waals surface area contributed by atoms with Crippen molar-refractivity contribution in [3.05, 3.63) is 65.7 Å². The van der Waals surface area contributed by atoms with Crippen molar-refractivity contribution in [3.8, 4) is 11.5 Å². The fourth-order valence-electron chi connectivity index (χ4n) is 4.58. The van der Waals surface area contributed by atoms with Crippen molar-refractivity contribution < 1.29 is 14.6 Å². The summed E-state index contributed by atoms with van der Waals surface area (Å²) in [6, 6.07) is 16.0. The number of likely N-dealkylation sites (N-methyl/N-ethyl adjacent to an activating group) is 1. The highest BCUT2D eigenvalue weighted by atomic mass is 16.5. The van der Waals surface area contributed by atoms with Crippen LogP contribution in [0.4, 0.5) is 5.69 Å². The average Bonchev–Trinajstić information content (AvgIpc) is 2.82. The van der Waals surface area contributed by atoms with Crippen LogP contribution >= 0.6 is 0 Å². The molecule has 3 rings (SSSR count). The number of hydrogen-bond acceptors (Lipinski definition) is 5. The van der Waals surface area contributed by atoms with E-state index in [-0.39, 0.29) is 12.1 Å². The first-order valence-electron chi connectivity index (χ1n) is 11.7. The van der Waals surface area contributed by atoms with Gasteiger partial charge in [0.1, 0.15) is 24.3 Å². The lowest BCUT2D eigenvalue weighted by Crippen LogP contribution is -2.55. The van der Waals surface area contributed by atoms with E-state index in [1.165, 1.54) is 5.57 Å².